The zero-order valence-corrected chi connectivity index (χ0v) is 13.4. The number of carbonyl (C=O) groups is 2. The van der Waals surface area contributed by atoms with E-state index in [2.05, 4.69) is 10.3 Å². The fraction of sp³-hybridized carbons (Fsp3) is 0.105. The van der Waals surface area contributed by atoms with Crippen LogP contribution in [0.15, 0.2) is 54.7 Å². The number of hydrogen-bond donors (Lipinski definition) is 1. The Balaban J connectivity index is 1.96. The molecule has 0 aliphatic heterocycles. The van der Waals surface area contributed by atoms with Gasteiger partial charge in [0.25, 0.3) is 5.91 Å². The van der Waals surface area contributed by atoms with E-state index in [0.29, 0.717) is 22.3 Å². The summed E-state index contributed by atoms with van der Waals surface area (Å²) in [5, 5.41) is 3.74. The molecule has 1 amide bonds. The highest BCUT2D eigenvalue weighted by Crippen LogP contribution is 2.21. The number of pyridine rings is 1. The number of aromatic nitrogens is 1. The SMILES string of the molecule is COC(=O)c1ccc(C)c(NC(=O)c2cccc3cccnc23)c1. The smallest absolute Gasteiger partial charge is 0.337 e. The molecule has 3 aromatic rings. The minimum Gasteiger partial charge on any atom is -0.465 e. The molecule has 0 atom stereocenters. The van der Waals surface area contributed by atoms with Gasteiger partial charge < -0.3 is 10.1 Å². The highest BCUT2D eigenvalue weighted by molar-refractivity contribution is 6.12. The van der Waals surface area contributed by atoms with Gasteiger partial charge in [-0.3, -0.25) is 9.78 Å². The number of methoxy groups -OCH3 is 1. The molecule has 0 aliphatic rings. The molecule has 5 heteroatoms. The number of hydrogen-bond acceptors (Lipinski definition) is 4. The number of amides is 1. The summed E-state index contributed by atoms with van der Waals surface area (Å²) in [7, 11) is 1.32. The molecule has 0 aliphatic carbocycles. The molecular formula is C19H16N2O3. The van der Waals surface area contributed by atoms with Gasteiger partial charge in [0.2, 0.25) is 0 Å². The maximum Gasteiger partial charge on any atom is 0.337 e. The van der Waals surface area contributed by atoms with E-state index in [1.807, 2.05) is 31.2 Å². The average Bonchev–Trinajstić information content (AvgIpc) is 2.62. The van der Waals surface area contributed by atoms with Crippen molar-refractivity contribution in [3.8, 4) is 0 Å². The largest absolute Gasteiger partial charge is 0.465 e. The van der Waals surface area contributed by atoms with Gasteiger partial charge in [-0.05, 0) is 36.8 Å². The minimum atomic E-state index is -0.447. The Bertz CT molecular complexity index is 930. The van der Waals surface area contributed by atoms with Gasteiger partial charge in [0, 0.05) is 17.3 Å². The normalized spacial score (nSPS) is 10.4. The summed E-state index contributed by atoms with van der Waals surface area (Å²) in [6.07, 6.45) is 1.65. The molecule has 1 heterocycles. The monoisotopic (exact) mass is 320 g/mol. The molecule has 0 unspecified atom stereocenters. The van der Waals surface area contributed by atoms with Crippen molar-refractivity contribution in [1.29, 1.82) is 0 Å². The molecule has 0 fully saturated rings. The number of rotatable bonds is 3. The maximum absolute atomic E-state index is 12.7. The second-order valence-electron chi connectivity index (χ2n) is 5.36. The van der Waals surface area contributed by atoms with E-state index in [1.54, 1.807) is 30.5 Å². The van der Waals surface area contributed by atoms with Gasteiger partial charge >= 0.3 is 5.97 Å². The van der Waals surface area contributed by atoms with Gasteiger partial charge in [-0.1, -0.05) is 24.3 Å². The summed E-state index contributed by atoms with van der Waals surface area (Å²) >= 11 is 0. The second-order valence-corrected chi connectivity index (χ2v) is 5.36. The number of anilines is 1. The molecule has 0 radical (unpaired) electrons. The molecule has 5 nitrogen and oxygen atoms in total. The number of para-hydroxylation sites is 1. The number of esters is 1. The average molecular weight is 320 g/mol. The summed E-state index contributed by atoms with van der Waals surface area (Å²) < 4.78 is 4.72. The zero-order valence-electron chi connectivity index (χ0n) is 13.4. The van der Waals surface area contributed by atoms with Gasteiger partial charge in [-0.25, -0.2) is 4.79 Å². The summed E-state index contributed by atoms with van der Waals surface area (Å²) in [4.78, 5) is 28.6. The Morgan fingerprint density at radius 3 is 2.67 bits per heavy atom. The van der Waals surface area contributed by atoms with Crippen LogP contribution in [0, 0.1) is 6.92 Å². The molecule has 0 spiro atoms. The van der Waals surface area contributed by atoms with Crippen molar-refractivity contribution >= 4 is 28.5 Å². The van der Waals surface area contributed by atoms with Crippen molar-refractivity contribution in [1.82, 2.24) is 4.98 Å². The van der Waals surface area contributed by atoms with E-state index in [1.165, 1.54) is 7.11 Å². The van der Waals surface area contributed by atoms with Crippen LogP contribution in [0.4, 0.5) is 5.69 Å². The number of fused-ring (bicyclic) bond motifs is 1. The minimum absolute atomic E-state index is 0.274. The van der Waals surface area contributed by atoms with Gasteiger partial charge in [-0.15, -0.1) is 0 Å². The maximum atomic E-state index is 12.7. The van der Waals surface area contributed by atoms with Crippen molar-refractivity contribution in [2.24, 2.45) is 0 Å². The molecule has 0 bridgehead atoms. The molecule has 24 heavy (non-hydrogen) atoms. The van der Waals surface area contributed by atoms with Gasteiger partial charge in [-0.2, -0.15) is 0 Å². The van der Waals surface area contributed by atoms with Crippen LogP contribution in [0.25, 0.3) is 10.9 Å². The van der Waals surface area contributed by atoms with Crippen LogP contribution in [-0.2, 0) is 4.74 Å². The topological polar surface area (TPSA) is 68.3 Å². The Labute approximate surface area is 139 Å². The van der Waals surface area contributed by atoms with Gasteiger partial charge in [0.1, 0.15) is 0 Å². The molecule has 1 N–H and O–H groups in total. The Kier molecular flexibility index (Phi) is 4.24. The number of ether oxygens (including phenoxy) is 1. The zero-order chi connectivity index (χ0) is 17.1. The number of carbonyl (C=O) groups excluding carboxylic acids is 2. The standard InChI is InChI=1S/C19H16N2O3/c1-12-8-9-14(19(23)24-2)11-16(12)21-18(22)15-7-3-5-13-6-4-10-20-17(13)15/h3-11H,1-2H3,(H,21,22). The van der Waals surface area contributed by atoms with Crippen molar-refractivity contribution < 1.29 is 14.3 Å². The van der Waals surface area contributed by atoms with E-state index in [-0.39, 0.29) is 5.91 Å². The van der Waals surface area contributed by atoms with Crippen molar-refractivity contribution in [3.05, 3.63) is 71.4 Å². The first-order valence-corrected chi connectivity index (χ1v) is 7.44. The van der Waals surface area contributed by atoms with E-state index < -0.39 is 5.97 Å². The van der Waals surface area contributed by atoms with Crippen LogP contribution in [-0.4, -0.2) is 24.0 Å². The van der Waals surface area contributed by atoms with Crippen LogP contribution < -0.4 is 5.32 Å². The number of nitrogens with zero attached hydrogens (tertiary/aromatic N) is 1. The Hall–Kier alpha value is -3.21. The lowest BCUT2D eigenvalue weighted by Gasteiger charge is -2.11. The van der Waals surface area contributed by atoms with Crippen LogP contribution in [0.1, 0.15) is 26.3 Å². The fourth-order valence-corrected chi connectivity index (χ4v) is 2.48. The first-order chi connectivity index (χ1) is 11.6. The van der Waals surface area contributed by atoms with Crippen molar-refractivity contribution in [3.63, 3.8) is 0 Å². The van der Waals surface area contributed by atoms with Crippen molar-refractivity contribution in [2.75, 3.05) is 12.4 Å². The van der Waals surface area contributed by atoms with E-state index in [9.17, 15) is 9.59 Å². The molecule has 0 saturated heterocycles. The predicted octanol–water partition coefficient (Wildman–Crippen LogP) is 3.58. The lowest BCUT2D eigenvalue weighted by Crippen LogP contribution is -2.14. The van der Waals surface area contributed by atoms with Crippen molar-refractivity contribution in [2.45, 2.75) is 6.92 Å². The third kappa shape index (κ3) is 2.96. The number of nitrogens with one attached hydrogen (secondary N) is 1. The molecule has 1 aromatic heterocycles. The Morgan fingerprint density at radius 2 is 1.88 bits per heavy atom. The van der Waals surface area contributed by atoms with E-state index >= 15 is 0 Å². The van der Waals surface area contributed by atoms with Crippen LogP contribution in [0.3, 0.4) is 0 Å². The third-order valence-corrected chi connectivity index (χ3v) is 3.78. The van der Waals surface area contributed by atoms with Gasteiger partial charge in [0.15, 0.2) is 0 Å². The van der Waals surface area contributed by atoms with Crippen LogP contribution in [0.2, 0.25) is 0 Å². The van der Waals surface area contributed by atoms with Gasteiger partial charge in [0.05, 0.1) is 23.8 Å². The molecule has 0 saturated carbocycles. The summed E-state index contributed by atoms with van der Waals surface area (Å²) in [6, 6.07) is 14.2. The Morgan fingerprint density at radius 1 is 1.08 bits per heavy atom. The molecule has 2 aromatic carbocycles. The summed E-state index contributed by atoms with van der Waals surface area (Å²) in [5.41, 5.74) is 2.92. The quantitative estimate of drug-likeness (QED) is 0.749. The summed E-state index contributed by atoms with van der Waals surface area (Å²) in [5.74, 6) is -0.721. The number of aryl methyl sites for hydroxylation is 1. The third-order valence-electron chi connectivity index (χ3n) is 3.78. The first kappa shape index (κ1) is 15.7. The first-order valence-electron chi connectivity index (χ1n) is 7.44. The van der Waals surface area contributed by atoms with Crippen LogP contribution in [0.5, 0.6) is 0 Å². The van der Waals surface area contributed by atoms with E-state index in [0.717, 1.165) is 10.9 Å². The lowest BCUT2D eigenvalue weighted by molar-refractivity contribution is 0.0600. The molecule has 3 rings (SSSR count). The van der Waals surface area contributed by atoms with E-state index in [4.69, 9.17) is 4.74 Å². The van der Waals surface area contributed by atoms with Crippen LogP contribution >= 0.6 is 0 Å². The molecule has 120 valence electrons. The lowest BCUT2D eigenvalue weighted by atomic mass is 10.1. The molecular weight excluding hydrogens is 304 g/mol. The number of benzene rings is 2. The fourth-order valence-electron chi connectivity index (χ4n) is 2.48. The highest BCUT2D eigenvalue weighted by atomic mass is 16.5. The highest BCUT2D eigenvalue weighted by Gasteiger charge is 2.14. The summed E-state index contributed by atoms with van der Waals surface area (Å²) in [6.45, 7) is 1.86. The second kappa shape index (κ2) is 6.50. The predicted molar refractivity (Wildman–Crippen MR) is 92.2 cm³/mol.